The van der Waals surface area contributed by atoms with E-state index < -0.39 is 21.0 Å². The Balaban J connectivity index is 1.71. The molecule has 0 saturated carbocycles. The van der Waals surface area contributed by atoms with Crippen LogP contribution in [0.5, 0.6) is 0 Å². The smallest absolute Gasteiger partial charge is 0.271 e. The minimum atomic E-state index is -3.83. The first-order valence-electron chi connectivity index (χ1n) is 10.2. The summed E-state index contributed by atoms with van der Waals surface area (Å²) in [5.41, 5.74) is 1.15. The molecule has 1 atom stereocenters. The number of carbonyl (C=O) groups is 1. The zero-order valence-electron chi connectivity index (χ0n) is 17.7. The van der Waals surface area contributed by atoms with E-state index in [0.717, 1.165) is 29.8 Å². The number of rotatable bonds is 7. The summed E-state index contributed by atoms with van der Waals surface area (Å²) >= 11 is 0. The van der Waals surface area contributed by atoms with Crippen molar-refractivity contribution >= 4 is 27.3 Å². The Hall–Kier alpha value is -2.94. The molecule has 2 aromatic carbocycles. The first-order valence-corrected chi connectivity index (χ1v) is 12.1. The monoisotopic (exact) mass is 445 g/mol. The van der Waals surface area contributed by atoms with E-state index in [-0.39, 0.29) is 17.3 Å². The molecule has 0 radical (unpaired) electrons. The third-order valence-corrected chi connectivity index (χ3v) is 6.90. The van der Waals surface area contributed by atoms with Crippen LogP contribution in [0, 0.1) is 16.0 Å². The van der Waals surface area contributed by atoms with Gasteiger partial charge in [0, 0.05) is 25.2 Å². The maximum absolute atomic E-state index is 13.1. The summed E-state index contributed by atoms with van der Waals surface area (Å²) in [4.78, 5) is 25.3. The number of sulfonamides is 1. The number of nitro benzene ring substituents is 1. The van der Waals surface area contributed by atoms with Gasteiger partial charge in [-0.2, -0.15) is 0 Å². The van der Waals surface area contributed by atoms with E-state index in [4.69, 9.17) is 0 Å². The van der Waals surface area contributed by atoms with Gasteiger partial charge in [0.2, 0.25) is 15.9 Å². The van der Waals surface area contributed by atoms with E-state index in [9.17, 15) is 23.3 Å². The molecule has 0 aliphatic carbocycles. The van der Waals surface area contributed by atoms with Crippen LogP contribution in [0.4, 0.5) is 11.4 Å². The average Bonchev–Trinajstić information content (AvgIpc) is 2.74. The second kappa shape index (κ2) is 9.47. The van der Waals surface area contributed by atoms with E-state index in [1.54, 1.807) is 4.90 Å². The summed E-state index contributed by atoms with van der Waals surface area (Å²) in [6.45, 7) is 2.65. The standard InChI is InChI=1S/C22H27N3O5S/c1-17(24(31(2,29)30)20-9-6-10-21(16-20)25(27)28)22(26)23-13-11-19(12-14-23)15-18-7-4-3-5-8-18/h3-10,16-17,19H,11-15H2,1-2H3. The number of piperidine rings is 1. The highest BCUT2D eigenvalue weighted by molar-refractivity contribution is 7.92. The Morgan fingerprint density at radius 3 is 2.39 bits per heavy atom. The molecular formula is C22H27N3O5S. The summed E-state index contributed by atoms with van der Waals surface area (Å²) in [6, 6.07) is 14.6. The number of nitrogens with zero attached hydrogens (tertiary/aromatic N) is 3. The summed E-state index contributed by atoms with van der Waals surface area (Å²) in [5, 5.41) is 11.1. The summed E-state index contributed by atoms with van der Waals surface area (Å²) in [5.74, 6) is 0.180. The van der Waals surface area contributed by atoms with E-state index >= 15 is 0 Å². The van der Waals surface area contributed by atoms with Crippen molar-refractivity contribution in [3.05, 3.63) is 70.3 Å². The van der Waals surface area contributed by atoms with Crippen molar-refractivity contribution in [1.29, 1.82) is 0 Å². The number of benzene rings is 2. The quantitative estimate of drug-likeness (QED) is 0.481. The van der Waals surface area contributed by atoms with Crippen LogP contribution < -0.4 is 4.31 Å². The molecule has 3 rings (SSSR count). The van der Waals surface area contributed by atoms with Crippen LogP contribution in [0.15, 0.2) is 54.6 Å². The molecule has 1 aliphatic heterocycles. The van der Waals surface area contributed by atoms with Gasteiger partial charge in [-0.15, -0.1) is 0 Å². The third-order valence-electron chi connectivity index (χ3n) is 5.65. The summed E-state index contributed by atoms with van der Waals surface area (Å²) < 4.78 is 25.9. The lowest BCUT2D eigenvalue weighted by Gasteiger charge is -2.36. The van der Waals surface area contributed by atoms with Gasteiger partial charge in [0.15, 0.2) is 0 Å². The van der Waals surface area contributed by atoms with Crippen molar-refractivity contribution in [2.45, 2.75) is 32.2 Å². The molecule has 9 heteroatoms. The Bertz CT molecular complexity index is 1030. The minimum Gasteiger partial charge on any atom is -0.341 e. The van der Waals surface area contributed by atoms with Gasteiger partial charge in [-0.05, 0) is 43.7 Å². The molecule has 2 aromatic rings. The molecule has 1 saturated heterocycles. The second-order valence-corrected chi connectivity index (χ2v) is 9.83. The van der Waals surface area contributed by atoms with Gasteiger partial charge in [-0.25, -0.2) is 8.42 Å². The maximum atomic E-state index is 13.1. The molecule has 0 bridgehead atoms. The summed E-state index contributed by atoms with van der Waals surface area (Å²) in [6.07, 6.45) is 3.66. The molecule has 8 nitrogen and oxygen atoms in total. The van der Waals surface area contributed by atoms with Crippen LogP contribution in [-0.2, 0) is 21.2 Å². The number of hydrogen-bond acceptors (Lipinski definition) is 5. The Morgan fingerprint density at radius 2 is 1.81 bits per heavy atom. The largest absolute Gasteiger partial charge is 0.341 e. The number of likely N-dealkylation sites (tertiary alicyclic amines) is 1. The van der Waals surface area contributed by atoms with Gasteiger partial charge in [0.1, 0.15) is 6.04 Å². The first-order chi connectivity index (χ1) is 14.7. The molecule has 0 aromatic heterocycles. The Labute approximate surface area is 182 Å². The maximum Gasteiger partial charge on any atom is 0.271 e. The molecule has 1 fully saturated rings. The van der Waals surface area contributed by atoms with E-state index in [1.165, 1.54) is 36.8 Å². The highest BCUT2D eigenvalue weighted by atomic mass is 32.2. The van der Waals surface area contributed by atoms with Gasteiger partial charge < -0.3 is 4.90 Å². The molecule has 0 N–H and O–H groups in total. The third kappa shape index (κ3) is 5.61. The van der Waals surface area contributed by atoms with Gasteiger partial charge in [-0.1, -0.05) is 36.4 Å². The fourth-order valence-electron chi connectivity index (χ4n) is 4.12. The lowest BCUT2D eigenvalue weighted by atomic mass is 9.90. The van der Waals surface area contributed by atoms with Gasteiger partial charge in [0.25, 0.3) is 5.69 Å². The van der Waals surface area contributed by atoms with Gasteiger partial charge in [0.05, 0.1) is 16.9 Å². The van der Waals surface area contributed by atoms with Crippen LogP contribution in [-0.4, -0.2) is 49.5 Å². The van der Waals surface area contributed by atoms with E-state index in [1.807, 2.05) is 18.2 Å². The highest BCUT2D eigenvalue weighted by Gasteiger charge is 2.34. The topological polar surface area (TPSA) is 101 Å². The van der Waals surface area contributed by atoms with Gasteiger partial charge in [-0.3, -0.25) is 19.2 Å². The van der Waals surface area contributed by atoms with Crippen molar-refractivity contribution in [3.63, 3.8) is 0 Å². The van der Waals surface area contributed by atoms with Crippen molar-refractivity contribution < 1.29 is 18.1 Å². The SMILES string of the molecule is CC(C(=O)N1CCC(Cc2ccccc2)CC1)N(c1cccc([N+](=O)[O-])c1)S(C)(=O)=O. The molecule has 1 unspecified atom stereocenters. The zero-order chi connectivity index (χ0) is 22.6. The minimum absolute atomic E-state index is 0.108. The number of carbonyl (C=O) groups excluding carboxylic acids is 1. The predicted molar refractivity (Wildman–Crippen MR) is 119 cm³/mol. The van der Waals surface area contributed by atoms with Crippen LogP contribution in [0.25, 0.3) is 0 Å². The Morgan fingerprint density at radius 1 is 1.16 bits per heavy atom. The van der Waals surface area contributed by atoms with Gasteiger partial charge >= 0.3 is 0 Å². The van der Waals surface area contributed by atoms with Crippen LogP contribution >= 0.6 is 0 Å². The Kier molecular flexibility index (Phi) is 6.94. The van der Waals surface area contributed by atoms with Crippen molar-refractivity contribution in [2.24, 2.45) is 5.92 Å². The number of amides is 1. The number of hydrogen-bond donors (Lipinski definition) is 0. The average molecular weight is 446 g/mol. The predicted octanol–water partition coefficient (Wildman–Crippen LogP) is 3.23. The van der Waals surface area contributed by atoms with E-state index in [2.05, 4.69) is 12.1 Å². The molecule has 0 spiro atoms. The fourth-order valence-corrected chi connectivity index (χ4v) is 5.28. The van der Waals surface area contributed by atoms with E-state index in [0.29, 0.717) is 19.0 Å². The molecule has 166 valence electrons. The normalized spacial score (nSPS) is 16.0. The second-order valence-electron chi connectivity index (χ2n) is 7.97. The lowest BCUT2D eigenvalue weighted by Crippen LogP contribution is -2.51. The van der Waals surface area contributed by atoms with Crippen LogP contribution in [0.3, 0.4) is 0 Å². The van der Waals surface area contributed by atoms with Crippen LogP contribution in [0.1, 0.15) is 25.3 Å². The summed E-state index contributed by atoms with van der Waals surface area (Å²) in [7, 11) is -3.83. The molecule has 1 aliphatic rings. The highest BCUT2D eigenvalue weighted by Crippen LogP contribution is 2.27. The molecule has 1 amide bonds. The zero-order valence-corrected chi connectivity index (χ0v) is 18.5. The fraction of sp³-hybridized carbons (Fsp3) is 0.409. The lowest BCUT2D eigenvalue weighted by molar-refractivity contribution is -0.384. The van der Waals surface area contributed by atoms with Crippen molar-refractivity contribution in [1.82, 2.24) is 4.90 Å². The number of nitro groups is 1. The number of non-ortho nitro benzene ring substituents is 1. The molecule has 31 heavy (non-hydrogen) atoms. The molecular weight excluding hydrogens is 418 g/mol. The number of anilines is 1. The first kappa shape index (κ1) is 22.7. The van der Waals surface area contributed by atoms with Crippen LogP contribution in [0.2, 0.25) is 0 Å². The molecule has 1 heterocycles. The van der Waals surface area contributed by atoms with Crippen molar-refractivity contribution in [3.8, 4) is 0 Å². The van der Waals surface area contributed by atoms with Crippen molar-refractivity contribution in [2.75, 3.05) is 23.7 Å².